The number of rotatable bonds is 5. The van der Waals surface area contributed by atoms with E-state index in [2.05, 4.69) is 17.4 Å². The molecule has 3 heteroatoms. The van der Waals surface area contributed by atoms with E-state index in [0.29, 0.717) is 4.99 Å². The predicted octanol–water partition coefficient (Wildman–Crippen LogP) is 3.71. The quantitative estimate of drug-likeness (QED) is 0.826. The van der Waals surface area contributed by atoms with Crippen molar-refractivity contribution in [2.24, 2.45) is 5.92 Å². The van der Waals surface area contributed by atoms with Gasteiger partial charge in [0.2, 0.25) is 0 Å². The van der Waals surface area contributed by atoms with Crippen molar-refractivity contribution >= 4 is 17.2 Å². The molecule has 0 unspecified atom stereocenters. The Hall–Kier alpha value is -1.71. The van der Waals surface area contributed by atoms with Crippen molar-refractivity contribution in [3.8, 4) is 0 Å². The zero-order chi connectivity index (χ0) is 15.2. The van der Waals surface area contributed by atoms with Crippen LogP contribution in [0, 0.1) is 5.92 Å². The normalized spacial score (nSPS) is 15.0. The highest BCUT2D eigenvalue weighted by atomic mass is 32.1. The molecule has 0 saturated carbocycles. The summed E-state index contributed by atoms with van der Waals surface area (Å²) < 4.78 is 0. The molecular formula is C18H21NOS. The molecule has 2 N–H and O–H groups in total. The number of thiocarbonyl (C=S) groups is 1. The number of nitrogens with one attached hydrogen (secondary N) is 1. The molecule has 0 bridgehead atoms. The van der Waals surface area contributed by atoms with Gasteiger partial charge in [-0.25, -0.2) is 0 Å². The van der Waals surface area contributed by atoms with Crippen LogP contribution in [0.25, 0.3) is 0 Å². The standard InChI is InChI=1S/C18H21NOS/c1-13(14(2)20)17(15-9-5-3-6-10-15)19-18(21)16-11-7-4-8-12-16/h3-14,17,20H,1-2H3,(H,19,21)/t13-,14-,17-/m1/s1. The molecule has 0 aromatic heterocycles. The van der Waals surface area contributed by atoms with E-state index in [4.69, 9.17) is 12.2 Å². The number of hydrogen-bond acceptors (Lipinski definition) is 2. The maximum atomic E-state index is 9.95. The lowest BCUT2D eigenvalue weighted by Gasteiger charge is -2.29. The third kappa shape index (κ3) is 4.13. The first kappa shape index (κ1) is 15.7. The number of aliphatic hydroxyl groups excluding tert-OH is 1. The number of benzene rings is 2. The molecule has 0 aliphatic rings. The van der Waals surface area contributed by atoms with Crippen LogP contribution in [0.2, 0.25) is 0 Å². The molecule has 3 atom stereocenters. The Morgan fingerprint density at radius 2 is 1.48 bits per heavy atom. The lowest BCUT2D eigenvalue weighted by Crippen LogP contribution is -2.35. The van der Waals surface area contributed by atoms with E-state index in [1.54, 1.807) is 0 Å². The summed E-state index contributed by atoms with van der Waals surface area (Å²) in [4.78, 5) is 0.706. The Labute approximate surface area is 131 Å². The van der Waals surface area contributed by atoms with E-state index < -0.39 is 6.10 Å². The summed E-state index contributed by atoms with van der Waals surface area (Å²) in [5, 5.41) is 13.4. The van der Waals surface area contributed by atoms with Crippen molar-refractivity contribution in [3.63, 3.8) is 0 Å². The summed E-state index contributed by atoms with van der Waals surface area (Å²) in [6.45, 7) is 3.84. The van der Waals surface area contributed by atoms with Crippen molar-refractivity contribution in [2.75, 3.05) is 0 Å². The molecule has 110 valence electrons. The van der Waals surface area contributed by atoms with Gasteiger partial charge >= 0.3 is 0 Å². The van der Waals surface area contributed by atoms with Gasteiger partial charge in [0.1, 0.15) is 4.99 Å². The van der Waals surface area contributed by atoms with Crippen LogP contribution in [0.4, 0.5) is 0 Å². The SMILES string of the molecule is C[C@H]([C@@H](C)O)[C@@H](NC(=S)c1ccccc1)c1ccccc1. The van der Waals surface area contributed by atoms with Gasteiger partial charge in [-0.05, 0) is 12.5 Å². The lowest BCUT2D eigenvalue weighted by molar-refractivity contribution is 0.115. The van der Waals surface area contributed by atoms with Gasteiger partial charge in [0.25, 0.3) is 0 Å². The summed E-state index contributed by atoms with van der Waals surface area (Å²) in [5.41, 5.74) is 2.12. The molecule has 2 nitrogen and oxygen atoms in total. The Kier molecular flexibility index (Phi) is 5.48. The van der Waals surface area contributed by atoms with Crippen LogP contribution in [0.15, 0.2) is 60.7 Å². The Bertz CT molecular complexity index is 568. The van der Waals surface area contributed by atoms with Crippen LogP contribution >= 0.6 is 12.2 Å². The molecule has 21 heavy (non-hydrogen) atoms. The second-order valence-electron chi connectivity index (χ2n) is 5.33. The number of hydrogen-bond donors (Lipinski definition) is 2. The summed E-state index contributed by atoms with van der Waals surface area (Å²) in [6, 6.07) is 20.0. The van der Waals surface area contributed by atoms with Crippen LogP contribution in [0.1, 0.15) is 31.0 Å². The summed E-state index contributed by atoms with van der Waals surface area (Å²) in [6.07, 6.45) is -0.415. The van der Waals surface area contributed by atoms with Crippen molar-refractivity contribution in [1.82, 2.24) is 5.32 Å². The van der Waals surface area contributed by atoms with E-state index >= 15 is 0 Å². The van der Waals surface area contributed by atoms with E-state index in [1.807, 2.05) is 62.4 Å². The van der Waals surface area contributed by atoms with Gasteiger partial charge in [-0.15, -0.1) is 0 Å². The van der Waals surface area contributed by atoms with E-state index in [1.165, 1.54) is 0 Å². The first-order valence-electron chi connectivity index (χ1n) is 7.18. The summed E-state index contributed by atoms with van der Waals surface area (Å²) >= 11 is 5.51. The molecule has 2 aromatic carbocycles. The predicted molar refractivity (Wildman–Crippen MR) is 91.3 cm³/mol. The van der Waals surface area contributed by atoms with Crippen LogP contribution < -0.4 is 5.32 Å². The fourth-order valence-electron chi connectivity index (χ4n) is 2.27. The van der Waals surface area contributed by atoms with E-state index in [0.717, 1.165) is 11.1 Å². The highest BCUT2D eigenvalue weighted by Gasteiger charge is 2.24. The second-order valence-corrected chi connectivity index (χ2v) is 5.74. The van der Waals surface area contributed by atoms with Crippen molar-refractivity contribution in [1.29, 1.82) is 0 Å². The third-order valence-electron chi connectivity index (χ3n) is 3.77. The zero-order valence-electron chi connectivity index (χ0n) is 12.4. The highest BCUT2D eigenvalue weighted by molar-refractivity contribution is 7.80. The summed E-state index contributed by atoms with van der Waals surface area (Å²) in [5.74, 6) is 0.0501. The largest absolute Gasteiger partial charge is 0.393 e. The van der Waals surface area contributed by atoms with Crippen molar-refractivity contribution in [2.45, 2.75) is 26.0 Å². The first-order valence-corrected chi connectivity index (χ1v) is 7.59. The maximum absolute atomic E-state index is 9.95. The van der Waals surface area contributed by atoms with Crippen molar-refractivity contribution < 1.29 is 5.11 Å². The van der Waals surface area contributed by atoms with Gasteiger partial charge in [-0.1, -0.05) is 79.8 Å². The van der Waals surface area contributed by atoms with Crippen LogP contribution in [0.3, 0.4) is 0 Å². The number of aliphatic hydroxyl groups is 1. The van der Waals surface area contributed by atoms with Gasteiger partial charge in [0.05, 0.1) is 12.1 Å². The molecule has 0 saturated heterocycles. The first-order chi connectivity index (χ1) is 10.1. The molecule has 0 fully saturated rings. The minimum absolute atomic E-state index is 0.0149. The molecular weight excluding hydrogens is 278 g/mol. The lowest BCUT2D eigenvalue weighted by atomic mass is 9.90. The molecule has 0 aliphatic heterocycles. The Morgan fingerprint density at radius 3 is 2.00 bits per heavy atom. The topological polar surface area (TPSA) is 32.3 Å². The fraction of sp³-hybridized carbons (Fsp3) is 0.278. The van der Waals surface area contributed by atoms with Gasteiger partial charge in [-0.3, -0.25) is 0 Å². The van der Waals surface area contributed by atoms with E-state index in [-0.39, 0.29) is 12.0 Å². The van der Waals surface area contributed by atoms with Gasteiger partial charge in [0, 0.05) is 11.5 Å². The molecule has 0 radical (unpaired) electrons. The van der Waals surface area contributed by atoms with Crippen LogP contribution in [0.5, 0.6) is 0 Å². The maximum Gasteiger partial charge on any atom is 0.107 e. The summed E-state index contributed by atoms with van der Waals surface area (Å²) in [7, 11) is 0. The van der Waals surface area contributed by atoms with E-state index in [9.17, 15) is 5.11 Å². The van der Waals surface area contributed by atoms with Gasteiger partial charge in [-0.2, -0.15) is 0 Å². The average Bonchev–Trinajstić information content (AvgIpc) is 2.53. The third-order valence-corrected chi connectivity index (χ3v) is 4.12. The molecule has 0 spiro atoms. The molecule has 0 heterocycles. The minimum atomic E-state index is -0.415. The zero-order valence-corrected chi connectivity index (χ0v) is 13.2. The average molecular weight is 299 g/mol. The Morgan fingerprint density at radius 1 is 0.952 bits per heavy atom. The highest BCUT2D eigenvalue weighted by Crippen LogP contribution is 2.25. The Balaban J connectivity index is 2.23. The minimum Gasteiger partial charge on any atom is -0.393 e. The molecule has 0 aliphatic carbocycles. The van der Waals surface area contributed by atoms with Crippen LogP contribution in [-0.4, -0.2) is 16.2 Å². The monoisotopic (exact) mass is 299 g/mol. The van der Waals surface area contributed by atoms with Gasteiger partial charge < -0.3 is 10.4 Å². The second kappa shape index (κ2) is 7.34. The smallest absolute Gasteiger partial charge is 0.107 e. The van der Waals surface area contributed by atoms with Crippen LogP contribution in [-0.2, 0) is 0 Å². The molecule has 0 amide bonds. The molecule has 2 rings (SSSR count). The fourth-order valence-corrected chi connectivity index (χ4v) is 2.53. The van der Waals surface area contributed by atoms with Gasteiger partial charge in [0.15, 0.2) is 0 Å². The van der Waals surface area contributed by atoms with Crippen molar-refractivity contribution in [3.05, 3.63) is 71.8 Å². The molecule has 2 aromatic rings.